The molecule has 0 aromatic rings. The van der Waals surface area contributed by atoms with Crippen molar-refractivity contribution in [3.8, 4) is 0 Å². The lowest BCUT2D eigenvalue weighted by atomic mass is 9.83. The fraction of sp³-hybridized carbons (Fsp3) is 0.769. The maximum atomic E-state index is 13.9. The zero-order valence-corrected chi connectivity index (χ0v) is 22.1. The summed E-state index contributed by atoms with van der Waals surface area (Å²) >= 11 is 0. The Labute approximate surface area is 210 Å². The van der Waals surface area contributed by atoms with Crippen LogP contribution in [0.3, 0.4) is 0 Å². The molecule has 2 heterocycles. The van der Waals surface area contributed by atoms with Gasteiger partial charge in [0.2, 0.25) is 11.4 Å². The van der Waals surface area contributed by atoms with Crippen LogP contribution in [0.25, 0.3) is 0 Å². The molecule has 0 spiro atoms. The second-order valence-corrected chi connectivity index (χ2v) is 12.9. The van der Waals surface area contributed by atoms with Crippen molar-refractivity contribution in [3.63, 3.8) is 0 Å². The van der Waals surface area contributed by atoms with Crippen molar-refractivity contribution < 1.29 is 28.7 Å². The van der Waals surface area contributed by atoms with E-state index in [1.54, 1.807) is 0 Å². The number of hydrogen-bond acceptors (Lipinski definition) is 8. The highest BCUT2D eigenvalue weighted by Gasteiger charge is 2.80. The highest BCUT2D eigenvalue weighted by atomic mass is 16.6. The Balaban J connectivity index is 1.35. The minimum absolute atomic E-state index is 0.0504. The van der Waals surface area contributed by atoms with Crippen molar-refractivity contribution in [1.29, 1.82) is 0 Å². The molecule has 4 aliphatic carbocycles. The van der Waals surface area contributed by atoms with Gasteiger partial charge >= 0.3 is 23.8 Å². The van der Waals surface area contributed by atoms with Crippen LogP contribution in [0.15, 0.2) is 10.2 Å². The number of carbonyl (C=O) groups is 4. The Morgan fingerprint density at radius 1 is 0.722 bits per heavy atom. The Bertz CT molecular complexity index is 1110. The third-order valence-corrected chi connectivity index (χ3v) is 10.3. The quantitative estimate of drug-likeness (QED) is 0.426. The lowest BCUT2D eigenvalue weighted by molar-refractivity contribution is -0.205. The number of hydrogen-bond donors (Lipinski definition) is 0. The van der Waals surface area contributed by atoms with Crippen LogP contribution in [0.1, 0.15) is 68.2 Å². The van der Waals surface area contributed by atoms with E-state index in [0.29, 0.717) is 24.3 Å². The molecule has 0 N–H and O–H groups in total. The molecule has 10 heteroatoms. The van der Waals surface area contributed by atoms with Crippen LogP contribution >= 0.6 is 0 Å². The van der Waals surface area contributed by atoms with Gasteiger partial charge in [0, 0.05) is 38.1 Å². The molecule has 6 rings (SSSR count). The predicted octanol–water partition coefficient (Wildman–Crippen LogP) is 2.53. The molecule has 2 amide bonds. The van der Waals surface area contributed by atoms with E-state index in [1.165, 1.54) is 13.8 Å². The zero-order valence-electron chi connectivity index (χ0n) is 22.1. The van der Waals surface area contributed by atoms with Crippen molar-refractivity contribution >= 4 is 35.2 Å². The molecule has 2 aliphatic heterocycles. The van der Waals surface area contributed by atoms with Crippen molar-refractivity contribution in [1.82, 2.24) is 10.0 Å². The number of rotatable bonds is 2. The van der Waals surface area contributed by atoms with E-state index in [9.17, 15) is 19.2 Å². The number of hydrazone groups is 2. The highest BCUT2D eigenvalue weighted by molar-refractivity contribution is 6.35. The first-order valence-electron chi connectivity index (χ1n) is 12.8. The number of carbonyl (C=O) groups excluding carboxylic acids is 4. The lowest BCUT2D eigenvalue weighted by Crippen LogP contribution is -2.60. The van der Waals surface area contributed by atoms with Gasteiger partial charge in [-0.2, -0.15) is 20.2 Å². The average molecular weight is 499 g/mol. The minimum atomic E-state index is -1.32. The fourth-order valence-electron chi connectivity index (χ4n) is 8.75. The second-order valence-electron chi connectivity index (χ2n) is 12.9. The number of fused-ring (bicyclic) bond motifs is 6. The molecule has 0 radical (unpaired) electrons. The summed E-state index contributed by atoms with van der Waals surface area (Å²) in [7, 11) is 0. The summed E-state index contributed by atoms with van der Waals surface area (Å²) in [5.74, 6) is -2.52. The van der Waals surface area contributed by atoms with E-state index in [2.05, 4.69) is 37.9 Å². The minimum Gasteiger partial charge on any atom is -0.436 e. The molecule has 0 aromatic heterocycles. The summed E-state index contributed by atoms with van der Waals surface area (Å²) in [6.07, 6.45) is 0.847. The van der Waals surface area contributed by atoms with Gasteiger partial charge in [0.25, 0.3) is 0 Å². The summed E-state index contributed by atoms with van der Waals surface area (Å²) in [6.45, 7) is 14.9. The van der Waals surface area contributed by atoms with Crippen molar-refractivity contribution in [2.45, 2.75) is 79.7 Å². The monoisotopic (exact) mass is 498 g/mol. The molecule has 10 nitrogen and oxygen atoms in total. The van der Waals surface area contributed by atoms with Gasteiger partial charge in [0.1, 0.15) is 0 Å². The van der Waals surface area contributed by atoms with Crippen LogP contribution in [-0.2, 0) is 28.7 Å². The Kier molecular flexibility index (Phi) is 4.30. The summed E-state index contributed by atoms with van der Waals surface area (Å²) in [4.78, 5) is 52.1. The molecule has 4 saturated carbocycles. The first kappa shape index (κ1) is 23.6. The Morgan fingerprint density at radius 3 is 1.36 bits per heavy atom. The van der Waals surface area contributed by atoms with Gasteiger partial charge in [-0.3, -0.25) is 19.2 Å². The van der Waals surface area contributed by atoms with Gasteiger partial charge in [-0.15, -0.1) is 0 Å². The second kappa shape index (κ2) is 6.55. The number of amides is 2. The topological polar surface area (TPSA) is 118 Å². The zero-order chi connectivity index (χ0) is 26.3. The molecule has 8 atom stereocenters. The Hall–Kier alpha value is -2.78. The first-order valence-corrected chi connectivity index (χ1v) is 12.8. The third kappa shape index (κ3) is 2.58. The number of nitrogens with zero attached hydrogens (tertiary/aromatic N) is 4. The maximum Gasteiger partial charge on any atom is 0.337 e. The normalized spacial score (nSPS) is 43.6. The van der Waals surface area contributed by atoms with Crippen molar-refractivity contribution in [3.05, 3.63) is 0 Å². The Morgan fingerprint density at radius 2 is 1.06 bits per heavy atom. The lowest BCUT2D eigenvalue weighted by Gasteiger charge is -2.41. The maximum absolute atomic E-state index is 13.9. The number of esters is 2. The van der Waals surface area contributed by atoms with Crippen LogP contribution in [0.2, 0.25) is 0 Å². The van der Waals surface area contributed by atoms with Gasteiger partial charge in [0.05, 0.1) is 11.8 Å². The molecule has 6 aliphatic rings. The first-order chi connectivity index (χ1) is 16.6. The van der Waals surface area contributed by atoms with Crippen LogP contribution in [0.4, 0.5) is 0 Å². The standard InChI is InChI=1S/C26H34N4O6/c1-11-17-19-15(23(19,5)6)9-25(17,35-13(3)31)29(27-11)21(33)22(34)30-26(36-14(4)32)10-16-20(24(16,7)8)18(26)12(2)28-30/h15-20H,9-10H2,1-8H3/t15-,16+,17+,18-,19-,20+,25-,26+. The van der Waals surface area contributed by atoms with Gasteiger partial charge in [0.15, 0.2) is 0 Å². The summed E-state index contributed by atoms with van der Waals surface area (Å²) in [5.41, 5.74) is -1.19. The molecule has 36 heavy (non-hydrogen) atoms. The molecule has 0 bridgehead atoms. The summed E-state index contributed by atoms with van der Waals surface area (Å²) < 4.78 is 11.7. The fourth-order valence-corrected chi connectivity index (χ4v) is 8.75. The van der Waals surface area contributed by atoms with E-state index in [0.717, 1.165) is 10.0 Å². The molecular formula is C26H34N4O6. The van der Waals surface area contributed by atoms with E-state index < -0.39 is 35.2 Å². The van der Waals surface area contributed by atoms with Crippen molar-refractivity contribution in [2.75, 3.05) is 0 Å². The summed E-state index contributed by atoms with van der Waals surface area (Å²) in [5, 5.41) is 11.1. The molecule has 194 valence electrons. The van der Waals surface area contributed by atoms with Crippen LogP contribution in [0, 0.1) is 46.3 Å². The predicted molar refractivity (Wildman–Crippen MR) is 127 cm³/mol. The molecule has 4 fully saturated rings. The van der Waals surface area contributed by atoms with Crippen molar-refractivity contribution in [2.24, 2.45) is 56.5 Å². The average Bonchev–Trinajstić information content (AvgIpc) is 3.19. The van der Waals surface area contributed by atoms with E-state index in [4.69, 9.17) is 9.47 Å². The highest BCUT2D eigenvalue weighted by Crippen LogP contribution is 2.75. The smallest absolute Gasteiger partial charge is 0.337 e. The van der Waals surface area contributed by atoms with E-state index in [-0.39, 0.29) is 46.3 Å². The third-order valence-electron chi connectivity index (χ3n) is 10.3. The van der Waals surface area contributed by atoms with Gasteiger partial charge in [-0.1, -0.05) is 27.7 Å². The van der Waals surface area contributed by atoms with E-state index >= 15 is 0 Å². The van der Waals surface area contributed by atoms with Crippen LogP contribution in [-0.4, -0.2) is 56.6 Å². The van der Waals surface area contributed by atoms with Crippen LogP contribution < -0.4 is 0 Å². The largest absolute Gasteiger partial charge is 0.436 e. The molecule has 0 aromatic carbocycles. The molecule has 0 unspecified atom stereocenters. The number of ether oxygens (including phenoxy) is 2. The summed E-state index contributed by atoms with van der Waals surface area (Å²) in [6, 6.07) is 0. The van der Waals surface area contributed by atoms with Gasteiger partial charge < -0.3 is 9.47 Å². The van der Waals surface area contributed by atoms with Crippen LogP contribution in [0.5, 0.6) is 0 Å². The SMILES string of the molecule is CC(=O)O[C@@]12C[C@H]3[C@@H]([C@H]1C(C)=NN2C(=O)C(=O)N1N=C(C)[C@H]2[C@H]4[C@@H](C[C@@]21OC(C)=O)C4(C)C)C3(C)C. The molecule has 0 saturated heterocycles. The molecular weight excluding hydrogens is 464 g/mol. The van der Waals surface area contributed by atoms with Gasteiger partial charge in [-0.25, -0.2) is 0 Å². The van der Waals surface area contributed by atoms with Gasteiger partial charge in [-0.05, 0) is 48.3 Å². The van der Waals surface area contributed by atoms with E-state index in [1.807, 2.05) is 13.8 Å².